The molecule has 0 aromatic heterocycles. The molecule has 6 unspecified atom stereocenters. The van der Waals surface area contributed by atoms with Crippen LogP contribution in [0.1, 0.15) is 46.5 Å². The van der Waals surface area contributed by atoms with Crippen molar-refractivity contribution in [2.45, 2.75) is 52.1 Å². The molecule has 0 heterocycles. The normalized spacial score (nSPS) is 58.5. The zero-order chi connectivity index (χ0) is 12.9. The molecule has 6 atom stereocenters. The van der Waals surface area contributed by atoms with E-state index in [1.807, 2.05) is 0 Å². The lowest BCUT2D eigenvalue weighted by Gasteiger charge is -2.48. The maximum absolute atomic E-state index is 11.9. The number of carbonyl (C=O) groups excluding carboxylic acids is 1. The average molecular weight is 246 g/mol. The van der Waals surface area contributed by atoms with Gasteiger partial charge in [0.1, 0.15) is 5.60 Å². The summed E-state index contributed by atoms with van der Waals surface area (Å²) in [5, 5.41) is 0. The van der Waals surface area contributed by atoms with E-state index in [0.29, 0.717) is 28.2 Å². The third-order valence-corrected chi connectivity index (χ3v) is 7.01. The molecule has 4 rings (SSSR count). The number of esters is 1. The minimum Gasteiger partial charge on any atom is -0.455 e. The van der Waals surface area contributed by atoms with Gasteiger partial charge in [0.15, 0.2) is 0 Å². The van der Waals surface area contributed by atoms with Gasteiger partial charge in [-0.1, -0.05) is 13.5 Å². The smallest absolute Gasteiger partial charge is 0.333 e. The third kappa shape index (κ3) is 0.938. The number of carbonyl (C=O) groups is 1. The SMILES string of the molecule is C=C(C)C(=O)OC1(C)C2CC3C1CC31CC1(C)C2. The van der Waals surface area contributed by atoms with Crippen molar-refractivity contribution >= 4 is 5.97 Å². The summed E-state index contributed by atoms with van der Waals surface area (Å²) in [7, 11) is 0. The molecule has 2 heteroatoms. The predicted molar refractivity (Wildman–Crippen MR) is 68.8 cm³/mol. The first-order chi connectivity index (χ1) is 8.32. The van der Waals surface area contributed by atoms with Crippen molar-refractivity contribution in [1.29, 1.82) is 0 Å². The molecule has 4 aliphatic carbocycles. The Hall–Kier alpha value is -0.790. The van der Waals surface area contributed by atoms with Gasteiger partial charge >= 0.3 is 5.97 Å². The summed E-state index contributed by atoms with van der Waals surface area (Å²) in [6.45, 7) is 10.1. The van der Waals surface area contributed by atoms with Gasteiger partial charge in [-0.3, -0.25) is 0 Å². The van der Waals surface area contributed by atoms with Crippen molar-refractivity contribution in [2.24, 2.45) is 28.6 Å². The van der Waals surface area contributed by atoms with Crippen LogP contribution in [-0.2, 0) is 9.53 Å². The van der Waals surface area contributed by atoms with Gasteiger partial charge in [0.2, 0.25) is 0 Å². The maximum atomic E-state index is 11.9. The van der Waals surface area contributed by atoms with Crippen molar-refractivity contribution < 1.29 is 9.53 Å². The highest BCUT2D eigenvalue weighted by Crippen LogP contribution is 2.88. The maximum Gasteiger partial charge on any atom is 0.333 e. The second kappa shape index (κ2) is 2.71. The Morgan fingerprint density at radius 3 is 2.67 bits per heavy atom. The Morgan fingerprint density at radius 1 is 1.28 bits per heavy atom. The van der Waals surface area contributed by atoms with Crippen LogP contribution in [0.15, 0.2) is 12.2 Å². The highest BCUT2D eigenvalue weighted by molar-refractivity contribution is 5.87. The van der Waals surface area contributed by atoms with Crippen molar-refractivity contribution in [3.8, 4) is 0 Å². The number of rotatable bonds is 2. The van der Waals surface area contributed by atoms with Gasteiger partial charge in [0, 0.05) is 11.5 Å². The molecular formula is C16H22O2. The molecule has 0 saturated heterocycles. The van der Waals surface area contributed by atoms with E-state index in [9.17, 15) is 4.79 Å². The molecule has 4 fully saturated rings. The van der Waals surface area contributed by atoms with Gasteiger partial charge in [-0.2, -0.15) is 0 Å². The lowest BCUT2D eigenvalue weighted by atomic mass is 9.58. The Kier molecular flexibility index (Phi) is 1.67. The summed E-state index contributed by atoms with van der Waals surface area (Å²) in [5.74, 6) is 1.85. The van der Waals surface area contributed by atoms with E-state index < -0.39 is 0 Å². The van der Waals surface area contributed by atoms with Crippen LogP contribution in [0.4, 0.5) is 0 Å². The van der Waals surface area contributed by atoms with E-state index in [2.05, 4.69) is 20.4 Å². The summed E-state index contributed by atoms with van der Waals surface area (Å²) in [6.07, 6.45) is 5.28. The van der Waals surface area contributed by atoms with Crippen LogP contribution in [0.25, 0.3) is 0 Å². The molecule has 2 nitrogen and oxygen atoms in total. The summed E-state index contributed by atoms with van der Waals surface area (Å²) >= 11 is 0. The van der Waals surface area contributed by atoms with Gasteiger partial charge in [-0.25, -0.2) is 4.79 Å². The largest absolute Gasteiger partial charge is 0.455 e. The molecule has 2 bridgehead atoms. The lowest BCUT2D eigenvalue weighted by molar-refractivity contribution is -0.167. The predicted octanol–water partition coefficient (Wildman–Crippen LogP) is 3.32. The van der Waals surface area contributed by atoms with Gasteiger partial charge < -0.3 is 4.74 Å². The molecule has 4 saturated carbocycles. The van der Waals surface area contributed by atoms with Crippen LogP contribution in [0.5, 0.6) is 0 Å². The zero-order valence-electron chi connectivity index (χ0n) is 11.6. The van der Waals surface area contributed by atoms with Crippen molar-refractivity contribution in [3.63, 3.8) is 0 Å². The van der Waals surface area contributed by atoms with Gasteiger partial charge in [0.25, 0.3) is 0 Å². The van der Waals surface area contributed by atoms with Crippen LogP contribution >= 0.6 is 0 Å². The fourth-order valence-corrected chi connectivity index (χ4v) is 5.85. The number of fused-ring (bicyclic) bond motifs is 1. The fraction of sp³-hybridized carbons (Fsp3) is 0.812. The zero-order valence-corrected chi connectivity index (χ0v) is 11.6. The summed E-state index contributed by atoms with van der Waals surface area (Å²) < 4.78 is 5.90. The molecule has 0 aliphatic heterocycles. The number of hydrogen-bond acceptors (Lipinski definition) is 2. The minimum absolute atomic E-state index is 0.190. The van der Waals surface area contributed by atoms with Crippen LogP contribution in [0.3, 0.4) is 0 Å². The van der Waals surface area contributed by atoms with E-state index in [4.69, 9.17) is 4.74 Å². The second-order valence-electron chi connectivity index (χ2n) is 7.80. The van der Waals surface area contributed by atoms with Crippen molar-refractivity contribution in [2.75, 3.05) is 0 Å². The first-order valence-corrected chi connectivity index (χ1v) is 7.21. The topological polar surface area (TPSA) is 26.3 Å². The highest BCUT2D eigenvalue weighted by atomic mass is 16.6. The molecule has 0 N–H and O–H groups in total. The van der Waals surface area contributed by atoms with Crippen molar-refractivity contribution in [1.82, 2.24) is 0 Å². The third-order valence-electron chi connectivity index (χ3n) is 7.01. The van der Waals surface area contributed by atoms with Gasteiger partial charge in [-0.15, -0.1) is 0 Å². The Balaban J connectivity index is 1.65. The Labute approximate surface area is 109 Å². The van der Waals surface area contributed by atoms with Crippen LogP contribution in [-0.4, -0.2) is 11.6 Å². The second-order valence-corrected chi connectivity index (χ2v) is 7.80. The first kappa shape index (κ1) is 11.1. The summed E-state index contributed by atoms with van der Waals surface area (Å²) in [5.41, 5.74) is 1.55. The Bertz CT molecular complexity index is 481. The fourth-order valence-electron chi connectivity index (χ4n) is 5.85. The van der Waals surface area contributed by atoms with E-state index in [-0.39, 0.29) is 11.6 Å². The van der Waals surface area contributed by atoms with E-state index in [0.717, 1.165) is 5.92 Å². The molecule has 0 amide bonds. The summed E-state index contributed by atoms with van der Waals surface area (Å²) in [6, 6.07) is 0. The minimum atomic E-state index is -0.206. The highest BCUT2D eigenvalue weighted by Gasteiger charge is 2.84. The molecular weight excluding hydrogens is 224 g/mol. The molecule has 18 heavy (non-hydrogen) atoms. The molecule has 0 aromatic carbocycles. The van der Waals surface area contributed by atoms with Gasteiger partial charge in [-0.05, 0) is 62.2 Å². The van der Waals surface area contributed by atoms with Gasteiger partial charge in [0.05, 0.1) is 0 Å². The van der Waals surface area contributed by atoms with Crippen LogP contribution in [0.2, 0.25) is 0 Å². The van der Waals surface area contributed by atoms with Crippen LogP contribution in [0, 0.1) is 28.6 Å². The quantitative estimate of drug-likeness (QED) is 0.552. The Morgan fingerprint density at radius 2 is 2.00 bits per heavy atom. The van der Waals surface area contributed by atoms with E-state index >= 15 is 0 Å². The molecule has 4 aliphatic rings. The molecule has 0 aromatic rings. The monoisotopic (exact) mass is 246 g/mol. The number of ether oxygens (including phenoxy) is 1. The van der Waals surface area contributed by atoms with Crippen molar-refractivity contribution in [3.05, 3.63) is 12.2 Å². The lowest BCUT2D eigenvalue weighted by Crippen LogP contribution is -2.48. The van der Waals surface area contributed by atoms with E-state index in [1.54, 1.807) is 6.92 Å². The number of hydrogen-bond donors (Lipinski definition) is 0. The molecule has 98 valence electrons. The average Bonchev–Trinajstić information content (AvgIpc) is 2.85. The molecule has 0 radical (unpaired) electrons. The summed E-state index contributed by atoms with van der Waals surface area (Å²) in [4.78, 5) is 11.9. The van der Waals surface area contributed by atoms with E-state index in [1.165, 1.54) is 25.7 Å². The van der Waals surface area contributed by atoms with Crippen LogP contribution < -0.4 is 0 Å². The standard InChI is InChI=1S/C16H22O2/c1-9(2)13(17)18-15(4)10-5-11-12(15)7-16(11)8-14(16,3)6-10/h10-12H,1,5-8H2,2-4H3. The first-order valence-electron chi connectivity index (χ1n) is 7.21. The molecule has 1 spiro atoms.